The van der Waals surface area contributed by atoms with Crippen molar-refractivity contribution in [3.05, 3.63) is 12.7 Å². The Morgan fingerprint density at radius 1 is 1.55 bits per heavy atom. The van der Waals surface area contributed by atoms with Crippen molar-refractivity contribution in [3.63, 3.8) is 0 Å². The van der Waals surface area contributed by atoms with Crippen molar-refractivity contribution in [1.29, 1.82) is 0 Å². The fourth-order valence-corrected chi connectivity index (χ4v) is 1.27. The molecule has 0 amide bonds. The van der Waals surface area contributed by atoms with Gasteiger partial charge in [-0.25, -0.2) is 0 Å². The predicted molar refractivity (Wildman–Crippen MR) is 49.1 cm³/mol. The van der Waals surface area contributed by atoms with Gasteiger partial charge in [0, 0.05) is 13.0 Å². The maximum atomic E-state index is 10.7. The smallest absolute Gasteiger partial charge is 0.183 e. The molecule has 0 saturated carbocycles. The molecule has 0 heterocycles. The Balaban J connectivity index is 3.42. The number of hydrogen-bond donors (Lipinski definition) is 0. The molecule has 0 aliphatic carbocycles. The third-order valence-electron chi connectivity index (χ3n) is 1.11. The van der Waals surface area contributed by atoms with Crippen LogP contribution in [0.4, 0.5) is 0 Å². The highest BCUT2D eigenvalue weighted by molar-refractivity contribution is 6.69. The SMILES string of the molecule is C=CC(=O)CCO[Si](C)(C)C. The first-order valence-corrected chi connectivity index (χ1v) is 7.16. The summed E-state index contributed by atoms with van der Waals surface area (Å²) in [6.07, 6.45) is 1.81. The van der Waals surface area contributed by atoms with E-state index in [1.165, 1.54) is 6.08 Å². The molecule has 2 nitrogen and oxygen atoms in total. The lowest BCUT2D eigenvalue weighted by Gasteiger charge is -2.15. The van der Waals surface area contributed by atoms with Crippen LogP contribution in [-0.4, -0.2) is 20.7 Å². The fourth-order valence-electron chi connectivity index (χ4n) is 0.560. The van der Waals surface area contributed by atoms with Gasteiger partial charge in [-0.15, -0.1) is 0 Å². The summed E-state index contributed by atoms with van der Waals surface area (Å²) >= 11 is 0. The third kappa shape index (κ3) is 7.48. The van der Waals surface area contributed by atoms with E-state index in [1.807, 2.05) is 0 Å². The standard InChI is InChI=1S/C8H16O2Si/c1-5-8(9)6-7-10-11(2,3)4/h5H,1,6-7H2,2-4H3. The minimum atomic E-state index is -1.42. The Morgan fingerprint density at radius 3 is 2.45 bits per heavy atom. The molecular formula is C8H16O2Si. The topological polar surface area (TPSA) is 26.3 Å². The monoisotopic (exact) mass is 172 g/mol. The molecule has 0 N–H and O–H groups in total. The van der Waals surface area contributed by atoms with Crippen molar-refractivity contribution in [3.8, 4) is 0 Å². The highest BCUT2D eigenvalue weighted by atomic mass is 28.4. The minimum absolute atomic E-state index is 0.0586. The Bertz CT molecular complexity index is 147. The van der Waals surface area contributed by atoms with Crippen molar-refractivity contribution in [2.75, 3.05) is 6.61 Å². The predicted octanol–water partition coefficient (Wildman–Crippen LogP) is 1.98. The molecule has 0 aliphatic heterocycles. The van der Waals surface area contributed by atoms with E-state index in [2.05, 4.69) is 26.2 Å². The number of carbonyl (C=O) groups excluding carboxylic acids is 1. The lowest BCUT2D eigenvalue weighted by molar-refractivity contribution is -0.115. The van der Waals surface area contributed by atoms with Gasteiger partial charge in [0.1, 0.15) is 0 Å². The highest BCUT2D eigenvalue weighted by Crippen LogP contribution is 2.02. The summed E-state index contributed by atoms with van der Waals surface area (Å²) in [5.74, 6) is 0.0586. The Hall–Kier alpha value is -0.413. The van der Waals surface area contributed by atoms with Crippen molar-refractivity contribution in [2.45, 2.75) is 26.1 Å². The number of ketones is 1. The van der Waals surface area contributed by atoms with Crippen molar-refractivity contribution < 1.29 is 9.22 Å². The van der Waals surface area contributed by atoms with E-state index in [-0.39, 0.29) is 5.78 Å². The van der Waals surface area contributed by atoms with Crippen LogP contribution < -0.4 is 0 Å². The van der Waals surface area contributed by atoms with Gasteiger partial charge in [-0.2, -0.15) is 0 Å². The molecule has 0 unspecified atom stereocenters. The average molecular weight is 172 g/mol. The molecule has 3 heteroatoms. The van der Waals surface area contributed by atoms with Crippen molar-refractivity contribution in [1.82, 2.24) is 0 Å². The molecule has 11 heavy (non-hydrogen) atoms. The first-order valence-electron chi connectivity index (χ1n) is 3.75. The molecule has 0 aromatic carbocycles. The van der Waals surface area contributed by atoms with E-state index in [0.717, 1.165) is 0 Å². The van der Waals surface area contributed by atoms with E-state index in [1.54, 1.807) is 0 Å². The van der Waals surface area contributed by atoms with E-state index >= 15 is 0 Å². The van der Waals surface area contributed by atoms with Crippen LogP contribution in [-0.2, 0) is 9.22 Å². The van der Waals surface area contributed by atoms with Crippen LogP contribution in [0.3, 0.4) is 0 Å². The molecule has 0 fully saturated rings. The van der Waals surface area contributed by atoms with Crippen molar-refractivity contribution >= 4 is 14.1 Å². The van der Waals surface area contributed by atoms with Gasteiger partial charge in [0.05, 0.1) is 0 Å². The normalized spacial score (nSPS) is 11.2. The Labute approximate surface area is 69.4 Å². The zero-order valence-electron chi connectivity index (χ0n) is 7.52. The first-order chi connectivity index (χ1) is 4.95. The fraction of sp³-hybridized carbons (Fsp3) is 0.625. The summed E-state index contributed by atoms with van der Waals surface area (Å²) < 4.78 is 5.47. The zero-order chi connectivity index (χ0) is 8.91. The van der Waals surface area contributed by atoms with Crippen LogP contribution in [0.1, 0.15) is 6.42 Å². The molecule has 0 spiro atoms. The van der Waals surface area contributed by atoms with Crippen LogP contribution >= 0.6 is 0 Å². The summed E-state index contributed by atoms with van der Waals surface area (Å²) in [6.45, 7) is 10.2. The molecule has 0 bridgehead atoms. The number of rotatable bonds is 5. The van der Waals surface area contributed by atoms with Gasteiger partial charge in [-0.05, 0) is 25.7 Å². The molecule has 64 valence electrons. The highest BCUT2D eigenvalue weighted by Gasteiger charge is 2.13. The molecule has 0 atom stereocenters. The maximum absolute atomic E-state index is 10.7. The zero-order valence-corrected chi connectivity index (χ0v) is 8.52. The Kier molecular flexibility index (Phi) is 4.29. The van der Waals surface area contributed by atoms with Crippen LogP contribution in [0.25, 0.3) is 0 Å². The van der Waals surface area contributed by atoms with E-state index in [9.17, 15) is 4.79 Å². The van der Waals surface area contributed by atoms with E-state index < -0.39 is 8.32 Å². The maximum Gasteiger partial charge on any atom is 0.183 e. The summed E-state index contributed by atoms with van der Waals surface area (Å²) in [4.78, 5) is 10.7. The third-order valence-corrected chi connectivity index (χ3v) is 2.18. The van der Waals surface area contributed by atoms with Gasteiger partial charge >= 0.3 is 0 Å². The second kappa shape index (κ2) is 4.46. The van der Waals surface area contributed by atoms with Crippen LogP contribution in [0.2, 0.25) is 19.6 Å². The van der Waals surface area contributed by atoms with Crippen LogP contribution in [0, 0.1) is 0 Å². The van der Waals surface area contributed by atoms with Crippen LogP contribution in [0.5, 0.6) is 0 Å². The van der Waals surface area contributed by atoms with Gasteiger partial charge in [0.2, 0.25) is 0 Å². The Morgan fingerprint density at radius 2 is 2.09 bits per heavy atom. The average Bonchev–Trinajstić information content (AvgIpc) is 1.85. The van der Waals surface area contributed by atoms with E-state index in [0.29, 0.717) is 13.0 Å². The van der Waals surface area contributed by atoms with Gasteiger partial charge in [-0.1, -0.05) is 6.58 Å². The molecule has 0 saturated heterocycles. The summed E-state index contributed by atoms with van der Waals surface area (Å²) in [5, 5.41) is 0. The van der Waals surface area contributed by atoms with E-state index in [4.69, 9.17) is 4.43 Å². The second-order valence-corrected chi connectivity index (χ2v) is 7.89. The summed E-state index contributed by atoms with van der Waals surface area (Å²) in [6, 6.07) is 0. The van der Waals surface area contributed by atoms with Gasteiger partial charge in [0.15, 0.2) is 14.1 Å². The number of carbonyl (C=O) groups is 1. The molecule has 0 aromatic heterocycles. The number of hydrogen-bond acceptors (Lipinski definition) is 2. The molecular weight excluding hydrogens is 156 g/mol. The molecule has 0 radical (unpaired) electrons. The van der Waals surface area contributed by atoms with Gasteiger partial charge in [-0.3, -0.25) is 4.79 Å². The quantitative estimate of drug-likeness (QED) is 0.468. The molecule has 0 aliphatic rings. The lowest BCUT2D eigenvalue weighted by Crippen LogP contribution is -2.26. The summed E-state index contributed by atoms with van der Waals surface area (Å²) in [5.41, 5.74) is 0. The first kappa shape index (κ1) is 10.6. The number of allylic oxidation sites excluding steroid dienone is 1. The lowest BCUT2D eigenvalue weighted by atomic mass is 10.3. The van der Waals surface area contributed by atoms with Crippen LogP contribution in [0.15, 0.2) is 12.7 Å². The van der Waals surface area contributed by atoms with Gasteiger partial charge < -0.3 is 4.43 Å². The molecule has 0 rings (SSSR count). The molecule has 0 aromatic rings. The second-order valence-electron chi connectivity index (χ2n) is 3.38. The minimum Gasteiger partial charge on any atom is -0.417 e. The largest absolute Gasteiger partial charge is 0.417 e. The summed E-state index contributed by atoms with van der Waals surface area (Å²) in [7, 11) is -1.42. The van der Waals surface area contributed by atoms with Crippen molar-refractivity contribution in [2.24, 2.45) is 0 Å². The van der Waals surface area contributed by atoms with Gasteiger partial charge in [0.25, 0.3) is 0 Å².